The van der Waals surface area contributed by atoms with E-state index in [1.165, 1.54) is 6.92 Å². The molecule has 0 spiro atoms. The highest BCUT2D eigenvalue weighted by Gasteiger charge is 2.50. The molecule has 1 amide bonds. The molecule has 1 rings (SSSR count). The molecule has 6 nitrogen and oxygen atoms in total. The van der Waals surface area contributed by atoms with Crippen LogP contribution in [0.15, 0.2) is 0 Å². The smallest absolute Gasteiger partial charge is 0.335 e. The molecule has 10 heteroatoms. The summed E-state index contributed by atoms with van der Waals surface area (Å²) in [6, 6.07) is -2.16. The second kappa shape index (κ2) is 6.89. The predicted octanol–water partition coefficient (Wildman–Crippen LogP) is 1.44. The van der Waals surface area contributed by atoms with Crippen LogP contribution in [0.3, 0.4) is 0 Å². The zero-order valence-electron chi connectivity index (χ0n) is 10.7. The number of aromatic nitrogens is 2. The predicted molar refractivity (Wildman–Crippen MR) is 67.6 cm³/mol. The molecule has 0 aliphatic carbocycles. The molecule has 20 heavy (non-hydrogen) atoms. The van der Waals surface area contributed by atoms with Gasteiger partial charge in [0.1, 0.15) is 5.01 Å². The fourth-order valence-electron chi connectivity index (χ4n) is 1.29. The van der Waals surface area contributed by atoms with Crippen molar-refractivity contribution in [3.8, 4) is 0 Å². The van der Waals surface area contributed by atoms with E-state index in [0.29, 0.717) is 11.3 Å². The Morgan fingerprint density at radius 1 is 1.50 bits per heavy atom. The van der Waals surface area contributed by atoms with E-state index in [9.17, 15) is 18.4 Å². The lowest BCUT2D eigenvalue weighted by Crippen LogP contribution is -2.51. The number of esters is 1. The summed E-state index contributed by atoms with van der Waals surface area (Å²) < 4.78 is 33.0. The first-order valence-corrected chi connectivity index (χ1v) is 6.88. The SMILES string of the molecule is CCOC(=O)C(NC(C)=O)C(F)(F)c1nnc(CCl)s1. The number of carbonyl (C=O) groups excluding carboxylic acids is 2. The average molecular weight is 328 g/mol. The van der Waals surface area contributed by atoms with Gasteiger partial charge in [-0.1, -0.05) is 11.3 Å². The Morgan fingerprint density at radius 2 is 2.15 bits per heavy atom. The monoisotopic (exact) mass is 327 g/mol. The van der Waals surface area contributed by atoms with Gasteiger partial charge < -0.3 is 10.1 Å². The second-order valence-electron chi connectivity index (χ2n) is 3.64. The number of nitrogens with zero attached hydrogens (tertiary/aromatic N) is 2. The fraction of sp³-hybridized carbons (Fsp3) is 0.600. The molecule has 112 valence electrons. The molecule has 0 saturated heterocycles. The molecule has 1 aromatic rings. The lowest BCUT2D eigenvalue weighted by atomic mass is 10.1. The number of hydrogen-bond donors (Lipinski definition) is 1. The molecule has 0 aromatic carbocycles. The summed E-state index contributed by atoms with van der Waals surface area (Å²) in [5, 5.41) is 8.12. The van der Waals surface area contributed by atoms with Crippen LogP contribution in [-0.2, 0) is 26.1 Å². The van der Waals surface area contributed by atoms with E-state index >= 15 is 0 Å². The van der Waals surface area contributed by atoms with E-state index in [1.54, 1.807) is 0 Å². The first-order chi connectivity index (χ1) is 9.32. The van der Waals surface area contributed by atoms with E-state index in [1.807, 2.05) is 5.32 Å². The van der Waals surface area contributed by atoms with Crippen molar-refractivity contribution < 1.29 is 23.1 Å². The number of ether oxygens (including phenoxy) is 1. The minimum absolute atomic E-state index is 0.0715. The van der Waals surface area contributed by atoms with Crippen molar-refractivity contribution in [2.75, 3.05) is 6.61 Å². The first-order valence-electron chi connectivity index (χ1n) is 5.53. The lowest BCUT2D eigenvalue weighted by molar-refractivity contribution is -0.160. The first kappa shape index (κ1) is 16.7. The zero-order chi connectivity index (χ0) is 15.3. The number of amides is 1. The van der Waals surface area contributed by atoms with Gasteiger partial charge in [-0.3, -0.25) is 4.79 Å². The molecule has 0 saturated carbocycles. The summed E-state index contributed by atoms with van der Waals surface area (Å²) in [6.07, 6.45) is 0. The fourth-order valence-corrected chi connectivity index (χ4v) is 2.20. The van der Waals surface area contributed by atoms with Crippen LogP contribution in [0.4, 0.5) is 8.78 Å². The summed E-state index contributed by atoms with van der Waals surface area (Å²) in [5.41, 5.74) is 0. The number of halogens is 3. The third-order valence-electron chi connectivity index (χ3n) is 2.10. The Bertz CT molecular complexity index is 498. The third kappa shape index (κ3) is 3.83. The highest BCUT2D eigenvalue weighted by Crippen LogP contribution is 2.34. The molecular formula is C10H12ClF2N3O3S. The van der Waals surface area contributed by atoms with Gasteiger partial charge in [0.05, 0.1) is 12.5 Å². The van der Waals surface area contributed by atoms with Gasteiger partial charge in [-0.25, -0.2) is 4.79 Å². The molecule has 0 fully saturated rings. The van der Waals surface area contributed by atoms with Crippen molar-refractivity contribution in [2.45, 2.75) is 31.7 Å². The number of alkyl halides is 3. The van der Waals surface area contributed by atoms with Gasteiger partial charge in [0.25, 0.3) is 0 Å². The van der Waals surface area contributed by atoms with Gasteiger partial charge in [0, 0.05) is 6.92 Å². The average Bonchev–Trinajstić information content (AvgIpc) is 2.85. The molecular weight excluding hydrogens is 316 g/mol. The van der Waals surface area contributed by atoms with Crippen molar-refractivity contribution in [2.24, 2.45) is 0 Å². The molecule has 1 aromatic heterocycles. The largest absolute Gasteiger partial charge is 0.464 e. The van der Waals surface area contributed by atoms with Crippen LogP contribution in [-0.4, -0.2) is 34.7 Å². The van der Waals surface area contributed by atoms with Crippen molar-refractivity contribution in [3.05, 3.63) is 10.0 Å². The van der Waals surface area contributed by atoms with Crippen molar-refractivity contribution in [1.29, 1.82) is 0 Å². The van der Waals surface area contributed by atoms with E-state index in [2.05, 4.69) is 14.9 Å². The molecule has 1 N–H and O–H groups in total. The quantitative estimate of drug-likeness (QED) is 0.631. The molecule has 1 atom stereocenters. The molecule has 0 bridgehead atoms. The minimum atomic E-state index is -3.74. The molecule has 1 unspecified atom stereocenters. The number of rotatable bonds is 6. The Hall–Kier alpha value is -1.35. The van der Waals surface area contributed by atoms with E-state index in [4.69, 9.17) is 11.6 Å². The Kier molecular flexibility index (Phi) is 5.75. The van der Waals surface area contributed by atoms with Crippen LogP contribution < -0.4 is 5.32 Å². The van der Waals surface area contributed by atoms with E-state index in [0.717, 1.165) is 6.92 Å². The Balaban J connectivity index is 3.08. The minimum Gasteiger partial charge on any atom is -0.464 e. The van der Waals surface area contributed by atoms with Crippen LogP contribution in [0.2, 0.25) is 0 Å². The van der Waals surface area contributed by atoms with Crippen molar-refractivity contribution >= 4 is 34.8 Å². The van der Waals surface area contributed by atoms with Gasteiger partial charge in [0.15, 0.2) is 11.0 Å². The number of hydrogen-bond acceptors (Lipinski definition) is 6. The Labute approximate surface area is 122 Å². The highest BCUT2D eigenvalue weighted by molar-refractivity contribution is 7.11. The van der Waals surface area contributed by atoms with Gasteiger partial charge in [-0.05, 0) is 6.92 Å². The number of nitrogens with one attached hydrogen (secondary N) is 1. The molecule has 0 radical (unpaired) electrons. The maximum atomic E-state index is 14.3. The van der Waals surface area contributed by atoms with Crippen LogP contribution in [0.1, 0.15) is 23.9 Å². The standard InChI is InChI=1S/C10H12ClF2N3O3S/c1-3-19-8(18)7(14-5(2)17)10(12,13)9-16-15-6(4-11)20-9/h7H,3-4H2,1-2H3,(H,14,17). The van der Waals surface area contributed by atoms with Crippen LogP contribution in [0.5, 0.6) is 0 Å². The van der Waals surface area contributed by atoms with Crippen LogP contribution in [0, 0.1) is 0 Å². The normalized spacial score (nSPS) is 12.8. The van der Waals surface area contributed by atoms with Crippen LogP contribution >= 0.6 is 22.9 Å². The summed E-state index contributed by atoms with van der Waals surface area (Å²) in [6.45, 7) is 2.40. The molecule has 0 aliphatic rings. The summed E-state index contributed by atoms with van der Waals surface area (Å²) in [7, 11) is 0. The maximum absolute atomic E-state index is 14.3. The molecule has 0 aliphatic heterocycles. The zero-order valence-corrected chi connectivity index (χ0v) is 12.2. The van der Waals surface area contributed by atoms with Gasteiger partial charge >= 0.3 is 11.9 Å². The lowest BCUT2D eigenvalue weighted by Gasteiger charge is -2.23. The van der Waals surface area contributed by atoms with E-state index in [-0.39, 0.29) is 17.5 Å². The Morgan fingerprint density at radius 3 is 2.60 bits per heavy atom. The van der Waals surface area contributed by atoms with E-state index < -0.39 is 28.8 Å². The van der Waals surface area contributed by atoms with Crippen LogP contribution in [0.25, 0.3) is 0 Å². The van der Waals surface area contributed by atoms with Gasteiger partial charge in [-0.15, -0.1) is 21.8 Å². The number of carbonyl (C=O) groups is 2. The highest BCUT2D eigenvalue weighted by atomic mass is 35.5. The van der Waals surface area contributed by atoms with Crippen molar-refractivity contribution in [3.63, 3.8) is 0 Å². The topological polar surface area (TPSA) is 81.2 Å². The third-order valence-corrected chi connectivity index (χ3v) is 3.52. The maximum Gasteiger partial charge on any atom is 0.335 e. The van der Waals surface area contributed by atoms with Gasteiger partial charge in [-0.2, -0.15) is 8.78 Å². The summed E-state index contributed by atoms with van der Waals surface area (Å²) in [5.74, 6) is -5.84. The van der Waals surface area contributed by atoms with Crippen molar-refractivity contribution in [1.82, 2.24) is 15.5 Å². The second-order valence-corrected chi connectivity index (χ2v) is 4.97. The summed E-state index contributed by atoms with van der Waals surface area (Å²) >= 11 is 6.04. The molecule has 1 heterocycles. The summed E-state index contributed by atoms with van der Waals surface area (Å²) in [4.78, 5) is 22.6. The van der Waals surface area contributed by atoms with Gasteiger partial charge in [0.2, 0.25) is 5.91 Å².